The van der Waals surface area contributed by atoms with E-state index in [1.165, 1.54) is 86.9 Å². The molecule has 0 aliphatic carbocycles. The lowest BCUT2D eigenvalue weighted by Crippen LogP contribution is -2.52. The summed E-state index contributed by atoms with van der Waals surface area (Å²) in [5, 5.41) is 3.07. The van der Waals surface area contributed by atoms with Crippen LogP contribution in [-0.4, -0.2) is 65.6 Å². The third-order valence-corrected chi connectivity index (χ3v) is 9.10. The van der Waals surface area contributed by atoms with Gasteiger partial charge in [0.2, 0.25) is 11.8 Å². The van der Waals surface area contributed by atoms with Gasteiger partial charge in [0, 0.05) is 24.2 Å². The summed E-state index contributed by atoms with van der Waals surface area (Å²) in [7, 11) is -0.314. The van der Waals surface area contributed by atoms with Gasteiger partial charge in [0.15, 0.2) is 11.5 Å². The van der Waals surface area contributed by atoms with Crippen LogP contribution in [0.15, 0.2) is 65.6 Å². The molecule has 0 saturated heterocycles. The Morgan fingerprint density at radius 2 is 1.56 bits per heavy atom. The average Bonchev–Trinajstić information content (AvgIpc) is 3.03. The highest BCUT2D eigenvalue weighted by Gasteiger charge is 2.35. The number of ether oxygens (including phenoxy) is 3. The Labute approximate surface area is 269 Å². The molecule has 244 valence electrons. The van der Waals surface area contributed by atoms with Gasteiger partial charge in [-0.15, -0.1) is 0 Å². The molecule has 1 N–H and O–H groups in total. The molecule has 0 bridgehead atoms. The van der Waals surface area contributed by atoms with Crippen molar-refractivity contribution in [1.29, 1.82) is 0 Å². The minimum Gasteiger partial charge on any atom is -0.495 e. The van der Waals surface area contributed by atoms with Crippen molar-refractivity contribution in [1.82, 2.24) is 10.2 Å². The zero-order chi connectivity index (χ0) is 33.1. The number of sulfonamides is 1. The average molecular weight is 664 g/mol. The Morgan fingerprint density at radius 1 is 0.911 bits per heavy atom. The first-order valence-electron chi connectivity index (χ1n) is 14.4. The van der Waals surface area contributed by atoms with E-state index < -0.39 is 34.3 Å². The van der Waals surface area contributed by atoms with Crippen molar-refractivity contribution in [3.63, 3.8) is 0 Å². The predicted octanol–water partition coefficient (Wildman–Crippen LogP) is 5.42. The van der Waals surface area contributed by atoms with Crippen LogP contribution in [0.4, 0.5) is 10.1 Å². The number of amides is 2. The number of hydrogen-bond acceptors (Lipinski definition) is 7. The largest absolute Gasteiger partial charge is 0.495 e. The fourth-order valence-corrected chi connectivity index (χ4v) is 6.29. The van der Waals surface area contributed by atoms with E-state index in [0.717, 1.165) is 17.1 Å². The lowest BCUT2D eigenvalue weighted by atomic mass is 10.1. The molecular weight excluding hydrogens is 625 g/mol. The molecule has 0 aliphatic rings. The van der Waals surface area contributed by atoms with Gasteiger partial charge in [-0.1, -0.05) is 44.0 Å². The van der Waals surface area contributed by atoms with Gasteiger partial charge in [0.05, 0.1) is 31.9 Å². The second-order valence-electron chi connectivity index (χ2n) is 10.1. The quantitative estimate of drug-likeness (QED) is 0.204. The van der Waals surface area contributed by atoms with Crippen molar-refractivity contribution in [2.24, 2.45) is 0 Å². The molecule has 2 amide bonds. The highest BCUT2D eigenvalue weighted by molar-refractivity contribution is 7.92. The summed E-state index contributed by atoms with van der Waals surface area (Å²) in [5.41, 5.74) is 0.564. The summed E-state index contributed by atoms with van der Waals surface area (Å²) in [6.45, 7) is 3.38. The van der Waals surface area contributed by atoms with Crippen molar-refractivity contribution >= 4 is 39.1 Å². The van der Waals surface area contributed by atoms with E-state index in [1.807, 2.05) is 6.92 Å². The number of anilines is 1. The number of methoxy groups -OCH3 is 3. The molecule has 10 nitrogen and oxygen atoms in total. The van der Waals surface area contributed by atoms with Gasteiger partial charge in [0.1, 0.15) is 24.2 Å². The number of carbonyl (C=O) groups is 2. The summed E-state index contributed by atoms with van der Waals surface area (Å²) in [6.07, 6.45) is 1.85. The van der Waals surface area contributed by atoms with Crippen LogP contribution in [0, 0.1) is 5.82 Å². The van der Waals surface area contributed by atoms with Crippen LogP contribution >= 0.6 is 11.6 Å². The van der Waals surface area contributed by atoms with Gasteiger partial charge in [-0.05, 0) is 60.9 Å². The molecule has 3 aromatic carbocycles. The fraction of sp³-hybridized carbons (Fsp3) is 0.375. The Kier molecular flexibility index (Phi) is 12.9. The summed E-state index contributed by atoms with van der Waals surface area (Å²) >= 11 is 6.30. The van der Waals surface area contributed by atoms with Gasteiger partial charge in [0.25, 0.3) is 10.0 Å². The second kappa shape index (κ2) is 16.3. The fourth-order valence-electron chi connectivity index (χ4n) is 4.69. The number of nitrogens with one attached hydrogen (secondary N) is 1. The summed E-state index contributed by atoms with van der Waals surface area (Å²) in [5.74, 6) is -0.897. The first kappa shape index (κ1) is 35.4. The van der Waals surface area contributed by atoms with Crippen LogP contribution in [0.5, 0.6) is 17.2 Å². The lowest BCUT2D eigenvalue weighted by Gasteiger charge is -2.33. The third-order valence-electron chi connectivity index (χ3n) is 7.11. The van der Waals surface area contributed by atoms with Crippen LogP contribution < -0.4 is 23.8 Å². The van der Waals surface area contributed by atoms with Crippen molar-refractivity contribution in [3.8, 4) is 17.2 Å². The SMILES string of the molecule is CCCCNC(=O)C(CC)N(Cc1ccc(F)cc1)C(=O)CN(c1cc(Cl)ccc1OC)S(=O)(=O)c1ccc(OC)c(OC)c1. The molecule has 1 unspecified atom stereocenters. The smallest absolute Gasteiger partial charge is 0.265 e. The van der Waals surface area contributed by atoms with Crippen molar-refractivity contribution in [2.75, 3.05) is 38.7 Å². The topological polar surface area (TPSA) is 114 Å². The van der Waals surface area contributed by atoms with Crippen LogP contribution in [-0.2, 0) is 26.2 Å². The van der Waals surface area contributed by atoms with E-state index in [-0.39, 0.29) is 46.0 Å². The molecule has 13 heteroatoms. The first-order valence-corrected chi connectivity index (χ1v) is 16.2. The summed E-state index contributed by atoms with van der Waals surface area (Å²) < 4.78 is 59.3. The monoisotopic (exact) mass is 663 g/mol. The van der Waals surface area contributed by atoms with E-state index >= 15 is 0 Å². The Morgan fingerprint density at radius 3 is 2.16 bits per heavy atom. The molecule has 0 aliphatic heterocycles. The Balaban J connectivity index is 2.15. The van der Waals surface area contributed by atoms with E-state index in [2.05, 4.69) is 5.32 Å². The normalized spacial score (nSPS) is 11.8. The molecule has 3 rings (SSSR count). The Bertz CT molecular complexity index is 1570. The highest BCUT2D eigenvalue weighted by atomic mass is 35.5. The van der Waals surface area contributed by atoms with E-state index in [9.17, 15) is 22.4 Å². The number of rotatable bonds is 16. The third kappa shape index (κ3) is 8.79. The predicted molar refractivity (Wildman–Crippen MR) is 171 cm³/mol. The van der Waals surface area contributed by atoms with Crippen LogP contribution in [0.2, 0.25) is 5.02 Å². The van der Waals surface area contributed by atoms with Crippen LogP contribution in [0.1, 0.15) is 38.7 Å². The zero-order valence-electron chi connectivity index (χ0n) is 26.0. The second-order valence-corrected chi connectivity index (χ2v) is 12.4. The highest BCUT2D eigenvalue weighted by Crippen LogP contribution is 2.37. The van der Waals surface area contributed by atoms with E-state index in [0.29, 0.717) is 17.9 Å². The summed E-state index contributed by atoms with van der Waals surface area (Å²) in [4.78, 5) is 28.7. The summed E-state index contributed by atoms with van der Waals surface area (Å²) in [6, 6.07) is 13.0. The van der Waals surface area contributed by atoms with Gasteiger partial charge in [-0.2, -0.15) is 0 Å². The minimum absolute atomic E-state index is 0.00955. The van der Waals surface area contributed by atoms with Crippen LogP contribution in [0.3, 0.4) is 0 Å². The molecule has 0 spiro atoms. The maximum Gasteiger partial charge on any atom is 0.265 e. The number of hydrogen-bond donors (Lipinski definition) is 1. The Hall–Kier alpha value is -4.03. The van der Waals surface area contributed by atoms with Crippen molar-refractivity contribution < 1.29 is 36.6 Å². The molecule has 0 aromatic heterocycles. The van der Waals surface area contributed by atoms with Crippen molar-refractivity contribution in [3.05, 3.63) is 77.1 Å². The van der Waals surface area contributed by atoms with Gasteiger partial charge in [-0.3, -0.25) is 13.9 Å². The molecule has 45 heavy (non-hydrogen) atoms. The van der Waals surface area contributed by atoms with E-state index in [4.69, 9.17) is 25.8 Å². The molecule has 1 atom stereocenters. The standard InChI is InChI=1S/C32H39ClFN3O7S/c1-6-8-17-35-32(39)26(7-2)36(20-22-9-12-24(34)13-10-22)31(38)21-37(27-18-23(33)11-15-28(27)42-3)45(40,41)25-14-16-29(43-4)30(19-25)44-5/h9-16,18-19,26H,6-8,17,20-21H2,1-5H3,(H,35,39). The molecule has 0 radical (unpaired) electrons. The van der Waals surface area contributed by atoms with Gasteiger partial charge >= 0.3 is 0 Å². The van der Waals surface area contributed by atoms with Crippen LogP contribution in [0.25, 0.3) is 0 Å². The lowest BCUT2D eigenvalue weighted by molar-refractivity contribution is -0.140. The molecule has 3 aromatic rings. The zero-order valence-corrected chi connectivity index (χ0v) is 27.6. The van der Waals surface area contributed by atoms with Gasteiger partial charge < -0.3 is 24.4 Å². The number of carbonyl (C=O) groups excluding carboxylic acids is 2. The number of unbranched alkanes of at least 4 members (excludes halogenated alkanes) is 1. The first-order chi connectivity index (χ1) is 21.5. The molecule has 0 fully saturated rings. The van der Waals surface area contributed by atoms with E-state index in [1.54, 1.807) is 6.92 Å². The van der Waals surface area contributed by atoms with Crippen molar-refractivity contribution in [2.45, 2.75) is 50.6 Å². The maximum atomic E-state index is 14.3. The number of halogens is 2. The number of nitrogens with zero attached hydrogens (tertiary/aromatic N) is 2. The van der Waals surface area contributed by atoms with Gasteiger partial charge in [-0.25, -0.2) is 12.8 Å². The maximum absolute atomic E-state index is 14.3. The minimum atomic E-state index is -4.48. The number of benzene rings is 3. The molecule has 0 saturated carbocycles. The molecule has 0 heterocycles. The molecular formula is C32H39ClFN3O7S.